The minimum atomic E-state index is -1.51. The van der Waals surface area contributed by atoms with E-state index < -0.39 is 18.4 Å². The molecule has 0 saturated carbocycles. The van der Waals surface area contributed by atoms with Gasteiger partial charge in [0, 0.05) is 6.42 Å². The van der Waals surface area contributed by atoms with Crippen molar-refractivity contribution in [2.45, 2.75) is 39.1 Å². The zero-order chi connectivity index (χ0) is 10.4. The Balaban J connectivity index is 3.68. The normalized spacial score (nSPS) is 14.8. The second kappa shape index (κ2) is 5.66. The smallest absolute Gasteiger partial charge is 0.308 e. The van der Waals surface area contributed by atoms with Gasteiger partial charge in [0.15, 0.2) is 0 Å². The molecule has 0 bridgehead atoms. The molecule has 0 aliphatic heterocycles. The van der Waals surface area contributed by atoms with E-state index in [1.54, 1.807) is 0 Å². The first kappa shape index (κ1) is 12.1. The summed E-state index contributed by atoms with van der Waals surface area (Å²) < 4.78 is 4.38. The van der Waals surface area contributed by atoms with Gasteiger partial charge in [-0.2, -0.15) is 0 Å². The van der Waals surface area contributed by atoms with Gasteiger partial charge in [-0.3, -0.25) is 4.79 Å². The quantitative estimate of drug-likeness (QED) is 0.455. The van der Waals surface area contributed by atoms with Gasteiger partial charge in [0.05, 0.1) is 6.42 Å². The van der Waals surface area contributed by atoms with Crippen LogP contribution in [0.3, 0.4) is 0 Å². The molecule has 0 aliphatic rings. The van der Waals surface area contributed by atoms with Crippen LogP contribution in [0.4, 0.5) is 0 Å². The molecule has 1 unspecified atom stereocenters. The highest BCUT2D eigenvalue weighted by molar-refractivity contribution is 5.80. The first-order chi connectivity index (χ1) is 5.93. The molecule has 0 rings (SSSR count). The fraction of sp³-hybridized carbons (Fsp3) is 0.750. The van der Waals surface area contributed by atoms with E-state index in [1.807, 2.05) is 0 Å². The zero-order valence-corrected chi connectivity index (χ0v) is 7.69. The molecule has 5 nitrogen and oxygen atoms in total. The Morgan fingerprint density at radius 2 is 1.85 bits per heavy atom. The number of hydrogen-bond donors (Lipinski definition) is 2. The molecule has 0 aliphatic carbocycles. The van der Waals surface area contributed by atoms with E-state index >= 15 is 0 Å². The molecular formula is C8H14O5. The third kappa shape index (κ3) is 6.24. The number of hydrogen-bond acceptors (Lipinski definition) is 5. The van der Waals surface area contributed by atoms with Gasteiger partial charge in [-0.15, -0.1) is 0 Å². The average molecular weight is 190 g/mol. The van der Waals surface area contributed by atoms with Crippen LogP contribution in [0.5, 0.6) is 0 Å². The van der Waals surface area contributed by atoms with E-state index in [4.69, 9.17) is 10.2 Å². The number of ether oxygens (including phenoxy) is 1. The van der Waals surface area contributed by atoms with Crippen molar-refractivity contribution in [2.75, 3.05) is 0 Å². The third-order valence-corrected chi connectivity index (χ3v) is 1.35. The van der Waals surface area contributed by atoms with E-state index in [0.29, 0.717) is 0 Å². The first-order valence-corrected chi connectivity index (χ1v) is 3.98. The van der Waals surface area contributed by atoms with Gasteiger partial charge in [-0.25, -0.2) is 0 Å². The molecule has 0 amide bonds. The predicted octanol–water partition coefficient (Wildman–Crippen LogP) is -0.402. The number of rotatable bonds is 5. The second-order valence-electron chi connectivity index (χ2n) is 2.82. The molecule has 2 N–H and O–H groups in total. The highest BCUT2D eigenvalue weighted by Crippen LogP contribution is 2.00. The maximum Gasteiger partial charge on any atom is 0.308 e. The van der Waals surface area contributed by atoms with Gasteiger partial charge in [-0.1, -0.05) is 0 Å². The van der Waals surface area contributed by atoms with Crippen LogP contribution in [0.25, 0.3) is 0 Å². The summed E-state index contributed by atoms with van der Waals surface area (Å²) in [6.07, 6.45) is -2.62. The van der Waals surface area contributed by atoms with Gasteiger partial charge >= 0.3 is 5.97 Å². The lowest BCUT2D eigenvalue weighted by atomic mass is 10.2. The van der Waals surface area contributed by atoms with E-state index in [0.717, 1.165) is 0 Å². The van der Waals surface area contributed by atoms with Crippen LogP contribution in [0, 0.1) is 0 Å². The van der Waals surface area contributed by atoms with Crippen molar-refractivity contribution in [3.63, 3.8) is 0 Å². The van der Waals surface area contributed by atoms with Crippen LogP contribution in [0.15, 0.2) is 0 Å². The Labute approximate surface area is 76.3 Å². The van der Waals surface area contributed by atoms with Gasteiger partial charge in [0.1, 0.15) is 11.9 Å². The largest absolute Gasteiger partial charge is 0.433 e. The van der Waals surface area contributed by atoms with E-state index in [1.165, 1.54) is 13.8 Å². The van der Waals surface area contributed by atoms with Crippen LogP contribution in [0.1, 0.15) is 26.7 Å². The number of carbonyl (C=O) groups is 2. The number of aliphatic hydroxyl groups is 2. The Morgan fingerprint density at radius 1 is 1.31 bits per heavy atom. The van der Waals surface area contributed by atoms with Crippen LogP contribution in [0.2, 0.25) is 0 Å². The van der Waals surface area contributed by atoms with E-state index in [-0.39, 0.29) is 18.6 Å². The lowest BCUT2D eigenvalue weighted by Gasteiger charge is -2.13. The molecule has 0 fully saturated rings. The molecular weight excluding hydrogens is 176 g/mol. The standard InChI is InChI=1S/C8H14O5/c1-5(9)3-4-7(11)13-8(12)6(2)10/h6,8,10,12H,3-4H2,1-2H3/t6-,8?/m0/s1. The summed E-state index contributed by atoms with van der Waals surface area (Å²) in [4.78, 5) is 21.3. The summed E-state index contributed by atoms with van der Waals surface area (Å²) >= 11 is 0. The Morgan fingerprint density at radius 3 is 2.23 bits per heavy atom. The number of aliphatic hydroxyl groups excluding tert-OH is 2. The molecule has 5 heteroatoms. The fourth-order valence-corrected chi connectivity index (χ4v) is 0.570. The summed E-state index contributed by atoms with van der Waals surface area (Å²) in [5.74, 6) is -0.813. The lowest BCUT2D eigenvalue weighted by Crippen LogP contribution is -2.28. The van der Waals surface area contributed by atoms with Gasteiger partial charge in [0.25, 0.3) is 0 Å². The molecule has 0 aromatic heterocycles. The number of ketones is 1. The van der Waals surface area contributed by atoms with Crippen LogP contribution < -0.4 is 0 Å². The summed E-state index contributed by atoms with van der Waals surface area (Å²) in [7, 11) is 0. The number of carbonyl (C=O) groups excluding carboxylic acids is 2. The van der Waals surface area contributed by atoms with Crippen molar-refractivity contribution in [1.82, 2.24) is 0 Å². The predicted molar refractivity (Wildman–Crippen MR) is 43.7 cm³/mol. The van der Waals surface area contributed by atoms with Gasteiger partial charge < -0.3 is 19.7 Å². The van der Waals surface area contributed by atoms with Crippen LogP contribution in [-0.2, 0) is 14.3 Å². The number of esters is 1. The Bertz CT molecular complexity index is 187. The Hall–Kier alpha value is -0.940. The molecule has 2 atom stereocenters. The van der Waals surface area contributed by atoms with Crippen molar-refractivity contribution in [2.24, 2.45) is 0 Å². The van der Waals surface area contributed by atoms with Crippen LogP contribution in [-0.4, -0.2) is 34.4 Å². The maximum absolute atomic E-state index is 10.8. The topological polar surface area (TPSA) is 83.8 Å². The monoisotopic (exact) mass is 190 g/mol. The lowest BCUT2D eigenvalue weighted by molar-refractivity contribution is -0.184. The molecule has 76 valence electrons. The molecule has 0 spiro atoms. The van der Waals surface area contributed by atoms with Gasteiger partial charge in [0.2, 0.25) is 6.29 Å². The minimum absolute atomic E-state index is 0.0703. The highest BCUT2D eigenvalue weighted by Gasteiger charge is 2.15. The number of Topliss-reactive ketones (excluding diaryl/α,β-unsaturated/α-hetero) is 1. The fourth-order valence-electron chi connectivity index (χ4n) is 0.570. The maximum atomic E-state index is 10.8. The zero-order valence-electron chi connectivity index (χ0n) is 7.69. The average Bonchev–Trinajstić information content (AvgIpc) is 2.00. The molecule has 0 saturated heterocycles. The molecule has 0 aromatic carbocycles. The molecule has 0 radical (unpaired) electrons. The minimum Gasteiger partial charge on any atom is -0.433 e. The van der Waals surface area contributed by atoms with Crippen LogP contribution >= 0.6 is 0 Å². The van der Waals surface area contributed by atoms with Crippen molar-refractivity contribution in [1.29, 1.82) is 0 Å². The molecule has 13 heavy (non-hydrogen) atoms. The van der Waals surface area contributed by atoms with Gasteiger partial charge in [-0.05, 0) is 13.8 Å². The van der Waals surface area contributed by atoms with E-state index in [9.17, 15) is 9.59 Å². The Kier molecular flexibility index (Phi) is 5.25. The molecule has 0 heterocycles. The molecule has 0 aromatic rings. The second-order valence-corrected chi connectivity index (χ2v) is 2.82. The summed E-state index contributed by atoms with van der Waals surface area (Å²) in [6.45, 7) is 2.65. The van der Waals surface area contributed by atoms with E-state index in [2.05, 4.69) is 4.74 Å². The van der Waals surface area contributed by atoms with Crippen molar-refractivity contribution in [3.8, 4) is 0 Å². The first-order valence-electron chi connectivity index (χ1n) is 3.98. The summed E-state index contributed by atoms with van der Waals surface area (Å²) in [5.41, 5.74) is 0. The van der Waals surface area contributed by atoms with Crippen molar-refractivity contribution >= 4 is 11.8 Å². The third-order valence-electron chi connectivity index (χ3n) is 1.35. The summed E-state index contributed by atoms with van der Waals surface area (Å²) in [5, 5.41) is 17.6. The SMILES string of the molecule is CC(=O)CCC(=O)OC(O)[C@H](C)O. The van der Waals surface area contributed by atoms with Crippen molar-refractivity contribution < 1.29 is 24.5 Å². The highest BCUT2D eigenvalue weighted by atomic mass is 16.6. The summed E-state index contributed by atoms with van der Waals surface area (Å²) in [6, 6.07) is 0. The van der Waals surface area contributed by atoms with Crippen molar-refractivity contribution in [3.05, 3.63) is 0 Å².